The second-order valence-corrected chi connectivity index (χ2v) is 4.68. The summed E-state index contributed by atoms with van der Waals surface area (Å²) in [6.07, 6.45) is 1.14. The molecule has 1 amide bonds. The van der Waals surface area contributed by atoms with Gasteiger partial charge >= 0.3 is 0 Å². The zero-order chi connectivity index (χ0) is 11.0. The lowest BCUT2D eigenvalue weighted by Crippen LogP contribution is -2.36. The topological polar surface area (TPSA) is 32.3 Å². The molecule has 84 valence electrons. The quantitative estimate of drug-likeness (QED) is 0.800. The van der Waals surface area contributed by atoms with E-state index in [4.69, 9.17) is 0 Å². The molecule has 0 bridgehead atoms. The minimum absolute atomic E-state index is 0.101. The summed E-state index contributed by atoms with van der Waals surface area (Å²) in [6, 6.07) is 10.3. The van der Waals surface area contributed by atoms with Gasteiger partial charge in [-0.3, -0.25) is 4.79 Å². The van der Waals surface area contributed by atoms with E-state index in [0.29, 0.717) is 5.92 Å². The molecule has 2 aliphatic rings. The van der Waals surface area contributed by atoms with Crippen LogP contribution >= 0.6 is 0 Å². The zero-order valence-corrected chi connectivity index (χ0v) is 9.23. The summed E-state index contributed by atoms with van der Waals surface area (Å²) in [5, 5.41) is 3.29. The number of benzene rings is 1. The van der Waals surface area contributed by atoms with E-state index in [1.165, 1.54) is 5.56 Å². The smallest absolute Gasteiger partial charge is 0.240 e. The van der Waals surface area contributed by atoms with Crippen molar-refractivity contribution in [3.05, 3.63) is 35.9 Å². The van der Waals surface area contributed by atoms with Gasteiger partial charge in [0.2, 0.25) is 5.91 Å². The summed E-state index contributed by atoms with van der Waals surface area (Å²) in [5.41, 5.74) is 1.22. The molecule has 3 heteroatoms. The molecule has 2 fully saturated rings. The predicted octanol–water partition coefficient (Wildman–Crippen LogP) is 1.01. The molecule has 0 saturated carbocycles. The third-order valence-electron chi connectivity index (χ3n) is 3.60. The summed E-state index contributed by atoms with van der Waals surface area (Å²) in [5.74, 6) is 0.822. The highest BCUT2D eigenvalue weighted by atomic mass is 16.2. The Morgan fingerprint density at radius 2 is 2.12 bits per heavy atom. The van der Waals surface area contributed by atoms with Gasteiger partial charge in [-0.25, -0.2) is 0 Å². The van der Waals surface area contributed by atoms with Gasteiger partial charge in [-0.05, 0) is 18.5 Å². The van der Waals surface area contributed by atoms with Gasteiger partial charge in [0, 0.05) is 19.0 Å². The first-order valence-electron chi connectivity index (χ1n) is 5.91. The van der Waals surface area contributed by atoms with E-state index in [0.717, 1.165) is 26.1 Å². The maximum Gasteiger partial charge on any atom is 0.240 e. The number of nitrogens with one attached hydrogen (secondary N) is 1. The second kappa shape index (κ2) is 3.91. The first kappa shape index (κ1) is 9.85. The van der Waals surface area contributed by atoms with Crippen molar-refractivity contribution in [2.75, 3.05) is 13.1 Å². The minimum atomic E-state index is 0.101. The van der Waals surface area contributed by atoms with Crippen molar-refractivity contribution in [2.24, 2.45) is 5.92 Å². The molecule has 0 aliphatic carbocycles. The first-order chi connectivity index (χ1) is 7.84. The third kappa shape index (κ3) is 1.61. The molecule has 0 aromatic heterocycles. The van der Waals surface area contributed by atoms with Crippen molar-refractivity contribution in [2.45, 2.75) is 19.0 Å². The molecular formula is C13H16N2O. The Balaban J connectivity index is 1.71. The molecule has 2 saturated heterocycles. The van der Waals surface area contributed by atoms with Crippen LogP contribution in [0, 0.1) is 5.92 Å². The molecule has 3 nitrogen and oxygen atoms in total. The number of fused-ring (bicyclic) bond motifs is 1. The Hall–Kier alpha value is -1.35. The van der Waals surface area contributed by atoms with Crippen LogP contribution in [0.25, 0.3) is 0 Å². The highest BCUT2D eigenvalue weighted by Crippen LogP contribution is 2.26. The number of likely N-dealkylation sites (tertiary alicyclic amines) is 1. The van der Waals surface area contributed by atoms with E-state index in [1.54, 1.807) is 0 Å². The molecule has 0 radical (unpaired) electrons. The minimum Gasteiger partial charge on any atom is -0.337 e. The highest BCUT2D eigenvalue weighted by molar-refractivity contribution is 5.85. The van der Waals surface area contributed by atoms with Gasteiger partial charge in [0.1, 0.15) is 0 Å². The standard InChI is InChI=1S/C13H16N2O/c16-13-12-11(6-7-14-12)9-15(13)8-10-4-2-1-3-5-10/h1-5,11-12,14H,6-9H2. The summed E-state index contributed by atoms with van der Waals surface area (Å²) in [7, 11) is 0. The molecule has 1 N–H and O–H groups in total. The van der Waals surface area contributed by atoms with Crippen LogP contribution in [0.5, 0.6) is 0 Å². The Labute approximate surface area is 95.4 Å². The Morgan fingerprint density at radius 1 is 1.31 bits per heavy atom. The van der Waals surface area contributed by atoms with Crippen molar-refractivity contribution < 1.29 is 4.79 Å². The molecule has 1 aromatic carbocycles. The van der Waals surface area contributed by atoms with Gasteiger partial charge in [-0.1, -0.05) is 30.3 Å². The Bertz CT molecular complexity index is 390. The van der Waals surface area contributed by atoms with E-state index >= 15 is 0 Å². The average molecular weight is 216 g/mol. The molecule has 2 unspecified atom stereocenters. The maximum absolute atomic E-state index is 12.1. The van der Waals surface area contributed by atoms with E-state index < -0.39 is 0 Å². The normalized spacial score (nSPS) is 28.5. The fraction of sp³-hybridized carbons (Fsp3) is 0.462. The van der Waals surface area contributed by atoms with E-state index in [1.807, 2.05) is 23.1 Å². The Morgan fingerprint density at radius 3 is 2.88 bits per heavy atom. The summed E-state index contributed by atoms with van der Waals surface area (Å²) < 4.78 is 0. The summed E-state index contributed by atoms with van der Waals surface area (Å²) in [6.45, 7) is 2.68. The number of rotatable bonds is 2. The SMILES string of the molecule is O=C1C2NCCC2CN1Cc1ccccc1. The van der Waals surface area contributed by atoms with E-state index in [-0.39, 0.29) is 11.9 Å². The molecule has 16 heavy (non-hydrogen) atoms. The van der Waals surface area contributed by atoms with Crippen LogP contribution in [0.4, 0.5) is 0 Å². The Kier molecular flexibility index (Phi) is 2.40. The lowest BCUT2D eigenvalue weighted by molar-refractivity contribution is -0.129. The molecule has 2 heterocycles. The number of amides is 1. The van der Waals surface area contributed by atoms with Crippen LogP contribution in [0.3, 0.4) is 0 Å². The lowest BCUT2D eigenvalue weighted by atomic mass is 10.1. The van der Waals surface area contributed by atoms with Gasteiger partial charge in [0.05, 0.1) is 6.04 Å². The van der Waals surface area contributed by atoms with Crippen molar-refractivity contribution in [3.63, 3.8) is 0 Å². The van der Waals surface area contributed by atoms with Gasteiger partial charge in [0.15, 0.2) is 0 Å². The largest absolute Gasteiger partial charge is 0.337 e. The molecule has 3 rings (SSSR count). The van der Waals surface area contributed by atoms with Crippen LogP contribution in [-0.4, -0.2) is 29.9 Å². The number of carbonyl (C=O) groups is 1. The van der Waals surface area contributed by atoms with Crippen LogP contribution in [0.15, 0.2) is 30.3 Å². The number of hydrogen-bond donors (Lipinski definition) is 1. The number of nitrogens with zero attached hydrogens (tertiary/aromatic N) is 1. The van der Waals surface area contributed by atoms with Gasteiger partial charge in [-0.15, -0.1) is 0 Å². The highest BCUT2D eigenvalue weighted by Gasteiger charge is 2.42. The fourth-order valence-electron chi connectivity index (χ4n) is 2.76. The van der Waals surface area contributed by atoms with Gasteiger partial charge < -0.3 is 10.2 Å². The number of hydrogen-bond acceptors (Lipinski definition) is 2. The fourth-order valence-corrected chi connectivity index (χ4v) is 2.76. The summed E-state index contributed by atoms with van der Waals surface area (Å²) >= 11 is 0. The lowest BCUT2D eigenvalue weighted by Gasteiger charge is -2.17. The average Bonchev–Trinajstić information content (AvgIpc) is 2.86. The van der Waals surface area contributed by atoms with E-state index in [9.17, 15) is 4.79 Å². The van der Waals surface area contributed by atoms with Gasteiger partial charge in [0.25, 0.3) is 0 Å². The monoisotopic (exact) mass is 216 g/mol. The third-order valence-corrected chi connectivity index (χ3v) is 3.60. The van der Waals surface area contributed by atoms with Crippen molar-refractivity contribution in [1.29, 1.82) is 0 Å². The van der Waals surface area contributed by atoms with Crippen LogP contribution in [0.1, 0.15) is 12.0 Å². The van der Waals surface area contributed by atoms with Crippen LogP contribution in [-0.2, 0) is 11.3 Å². The zero-order valence-electron chi connectivity index (χ0n) is 9.23. The van der Waals surface area contributed by atoms with Gasteiger partial charge in [-0.2, -0.15) is 0 Å². The maximum atomic E-state index is 12.1. The first-order valence-corrected chi connectivity index (χ1v) is 5.91. The van der Waals surface area contributed by atoms with E-state index in [2.05, 4.69) is 17.4 Å². The number of carbonyl (C=O) groups excluding carboxylic acids is 1. The molecule has 2 atom stereocenters. The van der Waals surface area contributed by atoms with Crippen molar-refractivity contribution in [1.82, 2.24) is 10.2 Å². The summed E-state index contributed by atoms with van der Waals surface area (Å²) in [4.78, 5) is 14.0. The van der Waals surface area contributed by atoms with Crippen molar-refractivity contribution in [3.8, 4) is 0 Å². The predicted molar refractivity (Wildman–Crippen MR) is 61.8 cm³/mol. The molecular weight excluding hydrogens is 200 g/mol. The molecule has 0 spiro atoms. The second-order valence-electron chi connectivity index (χ2n) is 4.68. The molecule has 1 aromatic rings. The molecule has 2 aliphatic heterocycles. The van der Waals surface area contributed by atoms with Crippen LogP contribution in [0.2, 0.25) is 0 Å². The van der Waals surface area contributed by atoms with Crippen molar-refractivity contribution >= 4 is 5.91 Å². The van der Waals surface area contributed by atoms with Crippen LogP contribution < -0.4 is 5.32 Å².